The number of fused-ring (bicyclic) bond motifs is 3. The zero-order chi connectivity index (χ0) is 23.1. The molecule has 2 atom stereocenters. The molecule has 3 aromatic rings. The van der Waals surface area contributed by atoms with Crippen LogP contribution in [-0.4, -0.2) is 43.1 Å². The third-order valence-electron chi connectivity index (χ3n) is 5.86. The second-order valence-electron chi connectivity index (χ2n) is 7.54. The van der Waals surface area contributed by atoms with E-state index in [-0.39, 0.29) is 17.4 Å². The Hall–Kier alpha value is -4.14. The fourth-order valence-electron chi connectivity index (χ4n) is 4.41. The maximum absolute atomic E-state index is 12.3. The molecule has 0 saturated heterocycles. The molecule has 0 spiro atoms. The molecule has 2 aromatic carbocycles. The van der Waals surface area contributed by atoms with E-state index in [2.05, 4.69) is 0 Å². The number of aromatic carboxylic acids is 1. The molecule has 3 heterocycles. The van der Waals surface area contributed by atoms with E-state index < -0.39 is 12.2 Å². The van der Waals surface area contributed by atoms with E-state index in [1.807, 2.05) is 24.3 Å². The number of carbonyl (C=O) groups is 1. The highest BCUT2D eigenvalue weighted by molar-refractivity contribution is 5.99. The summed E-state index contributed by atoms with van der Waals surface area (Å²) >= 11 is 0. The molecule has 2 aliphatic rings. The number of rotatable bonds is 6. The van der Waals surface area contributed by atoms with Gasteiger partial charge in [-0.05, 0) is 30.3 Å². The SMILES string of the molecule is COc1cccc2c1O[C@H](c1ccc(OC)c(OC)c1C(=O)O)N1N=C(c3ccco3)C[C@H]21. The van der Waals surface area contributed by atoms with Gasteiger partial charge in [-0.1, -0.05) is 12.1 Å². The molecule has 0 saturated carbocycles. The van der Waals surface area contributed by atoms with Gasteiger partial charge in [0, 0.05) is 17.5 Å². The first-order chi connectivity index (χ1) is 16.1. The van der Waals surface area contributed by atoms with Crippen LogP contribution >= 0.6 is 0 Å². The maximum atomic E-state index is 12.3. The van der Waals surface area contributed by atoms with Crippen molar-refractivity contribution in [3.63, 3.8) is 0 Å². The van der Waals surface area contributed by atoms with Crippen molar-refractivity contribution in [2.45, 2.75) is 18.7 Å². The van der Waals surface area contributed by atoms with Gasteiger partial charge in [0.25, 0.3) is 0 Å². The summed E-state index contributed by atoms with van der Waals surface area (Å²) in [6, 6.07) is 12.4. The van der Waals surface area contributed by atoms with Crippen LogP contribution in [0.2, 0.25) is 0 Å². The van der Waals surface area contributed by atoms with E-state index in [9.17, 15) is 9.90 Å². The predicted molar refractivity (Wildman–Crippen MR) is 117 cm³/mol. The first-order valence-electron chi connectivity index (χ1n) is 10.3. The Kier molecular flexibility index (Phi) is 5.08. The molecule has 33 heavy (non-hydrogen) atoms. The van der Waals surface area contributed by atoms with Gasteiger partial charge in [-0.2, -0.15) is 5.10 Å². The minimum absolute atomic E-state index is 0.0550. The number of para-hydroxylation sites is 1. The lowest BCUT2D eigenvalue weighted by Crippen LogP contribution is -2.35. The van der Waals surface area contributed by atoms with Gasteiger partial charge in [0.2, 0.25) is 6.23 Å². The molecule has 0 amide bonds. The molecule has 0 aliphatic carbocycles. The maximum Gasteiger partial charge on any atom is 0.340 e. The van der Waals surface area contributed by atoms with Crippen molar-refractivity contribution in [3.05, 3.63) is 71.2 Å². The molecular formula is C24H22N2O7. The average Bonchev–Trinajstić information content (AvgIpc) is 3.52. The molecular weight excluding hydrogens is 428 g/mol. The van der Waals surface area contributed by atoms with Gasteiger partial charge in [0.05, 0.1) is 33.6 Å². The van der Waals surface area contributed by atoms with E-state index in [1.165, 1.54) is 14.2 Å². The van der Waals surface area contributed by atoms with Crippen molar-refractivity contribution >= 4 is 11.7 Å². The summed E-state index contributed by atoms with van der Waals surface area (Å²) in [5, 5.41) is 16.6. The monoisotopic (exact) mass is 450 g/mol. The Morgan fingerprint density at radius 3 is 2.52 bits per heavy atom. The number of methoxy groups -OCH3 is 3. The van der Waals surface area contributed by atoms with E-state index in [1.54, 1.807) is 36.6 Å². The number of ether oxygens (including phenoxy) is 4. The zero-order valence-corrected chi connectivity index (χ0v) is 18.3. The summed E-state index contributed by atoms with van der Waals surface area (Å²) in [5.41, 5.74) is 1.96. The molecule has 0 bridgehead atoms. The highest BCUT2D eigenvalue weighted by atomic mass is 16.5. The number of nitrogens with zero attached hydrogens (tertiary/aromatic N) is 2. The third kappa shape index (κ3) is 3.24. The minimum Gasteiger partial charge on any atom is -0.493 e. The van der Waals surface area contributed by atoms with E-state index in [0.717, 1.165) is 11.3 Å². The normalized spacial score (nSPS) is 18.6. The smallest absolute Gasteiger partial charge is 0.340 e. The molecule has 0 unspecified atom stereocenters. The average molecular weight is 450 g/mol. The molecule has 5 rings (SSSR count). The van der Waals surface area contributed by atoms with Crippen LogP contribution in [0, 0.1) is 0 Å². The summed E-state index contributed by atoms with van der Waals surface area (Å²) in [5.74, 6) is 1.02. The minimum atomic E-state index is -1.17. The van der Waals surface area contributed by atoms with Crippen LogP contribution < -0.4 is 18.9 Å². The number of carboxylic acids is 1. The number of carboxylic acid groups (broad SMARTS) is 1. The lowest BCUT2D eigenvalue weighted by Gasteiger charge is -2.39. The van der Waals surface area contributed by atoms with E-state index in [4.69, 9.17) is 28.5 Å². The van der Waals surface area contributed by atoms with Crippen LogP contribution in [0.3, 0.4) is 0 Å². The van der Waals surface area contributed by atoms with Crippen LogP contribution in [-0.2, 0) is 0 Å². The third-order valence-corrected chi connectivity index (χ3v) is 5.86. The predicted octanol–water partition coefficient (Wildman–Crippen LogP) is 4.25. The van der Waals surface area contributed by atoms with E-state index >= 15 is 0 Å². The van der Waals surface area contributed by atoms with Crippen molar-refractivity contribution < 1.29 is 33.3 Å². The fraction of sp³-hybridized carbons (Fsp3) is 0.250. The molecule has 1 N–H and O–H groups in total. The molecule has 2 aliphatic heterocycles. The number of hydrogen-bond acceptors (Lipinski definition) is 8. The van der Waals surface area contributed by atoms with Gasteiger partial charge >= 0.3 is 5.97 Å². The molecule has 170 valence electrons. The van der Waals surface area contributed by atoms with Gasteiger partial charge in [0.1, 0.15) is 17.0 Å². The molecule has 0 fully saturated rings. The number of hydrazone groups is 1. The Balaban J connectivity index is 1.71. The second kappa shape index (κ2) is 8.09. The van der Waals surface area contributed by atoms with Crippen LogP contribution in [0.4, 0.5) is 0 Å². The fourth-order valence-corrected chi connectivity index (χ4v) is 4.41. The van der Waals surface area contributed by atoms with Crippen LogP contribution in [0.25, 0.3) is 0 Å². The summed E-state index contributed by atoms with van der Waals surface area (Å²) < 4.78 is 28.2. The van der Waals surface area contributed by atoms with Crippen molar-refractivity contribution in [2.24, 2.45) is 5.10 Å². The Morgan fingerprint density at radius 1 is 1.03 bits per heavy atom. The lowest BCUT2D eigenvalue weighted by molar-refractivity contribution is -0.0217. The van der Waals surface area contributed by atoms with Gasteiger partial charge in [-0.15, -0.1) is 0 Å². The first-order valence-corrected chi connectivity index (χ1v) is 10.3. The quantitative estimate of drug-likeness (QED) is 0.595. The number of benzene rings is 2. The van der Waals surface area contributed by atoms with Crippen molar-refractivity contribution in [3.8, 4) is 23.0 Å². The van der Waals surface area contributed by atoms with Crippen molar-refractivity contribution in [1.82, 2.24) is 5.01 Å². The summed E-state index contributed by atoms with van der Waals surface area (Å²) in [6.07, 6.45) is 1.30. The lowest BCUT2D eigenvalue weighted by atomic mass is 9.95. The Bertz CT molecular complexity index is 1240. The summed E-state index contributed by atoms with van der Waals surface area (Å²) in [6.45, 7) is 0. The highest BCUT2D eigenvalue weighted by Crippen LogP contribution is 2.52. The van der Waals surface area contributed by atoms with Gasteiger partial charge in [-0.25, -0.2) is 9.80 Å². The van der Waals surface area contributed by atoms with Crippen LogP contribution in [0.5, 0.6) is 23.0 Å². The first kappa shape index (κ1) is 20.7. The largest absolute Gasteiger partial charge is 0.493 e. The van der Waals surface area contributed by atoms with Gasteiger partial charge < -0.3 is 28.5 Å². The number of hydrogen-bond donors (Lipinski definition) is 1. The number of furan rings is 1. The van der Waals surface area contributed by atoms with Crippen molar-refractivity contribution in [2.75, 3.05) is 21.3 Å². The topological polar surface area (TPSA) is 103 Å². The molecule has 9 heteroatoms. The molecule has 9 nitrogen and oxygen atoms in total. The Morgan fingerprint density at radius 2 is 1.85 bits per heavy atom. The Labute approximate surface area is 189 Å². The summed E-state index contributed by atoms with van der Waals surface area (Å²) in [4.78, 5) is 12.3. The van der Waals surface area contributed by atoms with Crippen molar-refractivity contribution in [1.29, 1.82) is 0 Å². The van der Waals surface area contributed by atoms with Gasteiger partial charge in [-0.3, -0.25) is 0 Å². The standard InChI is InChI=1S/C24H22N2O7/c1-29-18-7-4-6-13-16-12-15(17-8-5-11-32-17)25-26(16)23(33-21(13)18)14-9-10-19(30-2)22(31-3)20(14)24(27)28/h4-11,16,23H,12H2,1-3H3,(H,27,28)/t16-,23-/m1/s1. The highest BCUT2D eigenvalue weighted by Gasteiger charge is 2.44. The molecule has 1 aromatic heterocycles. The van der Waals surface area contributed by atoms with Crippen LogP contribution in [0.15, 0.2) is 58.2 Å². The summed E-state index contributed by atoms with van der Waals surface area (Å²) in [7, 11) is 4.43. The van der Waals surface area contributed by atoms with Crippen LogP contribution in [0.1, 0.15) is 45.9 Å². The van der Waals surface area contributed by atoms with Gasteiger partial charge in [0.15, 0.2) is 23.0 Å². The van der Waals surface area contributed by atoms with E-state index in [0.29, 0.717) is 35.0 Å². The second-order valence-corrected chi connectivity index (χ2v) is 7.54. The zero-order valence-electron chi connectivity index (χ0n) is 18.3. The molecule has 0 radical (unpaired) electrons.